The molecule has 0 spiro atoms. The monoisotopic (exact) mass is 323 g/mol. The van der Waals surface area contributed by atoms with Crippen molar-refractivity contribution in [2.45, 2.75) is 0 Å². The second kappa shape index (κ2) is 6.45. The lowest BCUT2D eigenvalue weighted by Gasteiger charge is -2.13. The minimum Gasteiger partial charge on any atom is -0.493 e. The van der Waals surface area contributed by atoms with Crippen LogP contribution in [0.1, 0.15) is 10.4 Å². The summed E-state index contributed by atoms with van der Waals surface area (Å²) in [4.78, 5) is 15.5. The summed E-state index contributed by atoms with van der Waals surface area (Å²) in [6.07, 6.45) is 1.72. The fraction of sp³-hybridized carbons (Fsp3) is 0.111. The molecular weight excluding hydrogens is 306 g/mol. The third kappa shape index (κ3) is 2.94. The van der Waals surface area contributed by atoms with Gasteiger partial charge in [0, 0.05) is 34.6 Å². The van der Waals surface area contributed by atoms with Gasteiger partial charge in [0.1, 0.15) is 0 Å². The zero-order chi connectivity index (χ0) is 17.1. The number of primary amides is 1. The number of nitrogens with zero attached hydrogens (tertiary/aromatic N) is 1. The van der Waals surface area contributed by atoms with Gasteiger partial charge < -0.3 is 20.5 Å². The van der Waals surface area contributed by atoms with Gasteiger partial charge in [0.05, 0.1) is 19.7 Å². The molecule has 0 aliphatic heterocycles. The Bertz CT molecular complexity index is 892. The molecule has 0 atom stereocenters. The maximum Gasteiger partial charge on any atom is 0.248 e. The minimum absolute atomic E-state index is 0.451. The zero-order valence-electron chi connectivity index (χ0n) is 13.4. The van der Waals surface area contributed by atoms with E-state index in [9.17, 15) is 4.79 Å². The SMILES string of the molecule is COc1cc2nccc(Nc3ccc(C(N)=O)cc3)c2cc1OC. The highest BCUT2D eigenvalue weighted by Gasteiger charge is 2.10. The van der Waals surface area contributed by atoms with Gasteiger partial charge in [0.25, 0.3) is 0 Å². The molecule has 1 heterocycles. The molecule has 0 radical (unpaired) electrons. The van der Waals surface area contributed by atoms with Crippen molar-refractivity contribution < 1.29 is 14.3 Å². The van der Waals surface area contributed by atoms with Crippen LogP contribution in [0, 0.1) is 0 Å². The first-order valence-corrected chi connectivity index (χ1v) is 7.30. The number of hydrogen-bond donors (Lipinski definition) is 2. The predicted octanol–water partition coefficient (Wildman–Crippen LogP) is 3.09. The van der Waals surface area contributed by atoms with Crippen LogP contribution in [-0.2, 0) is 0 Å². The van der Waals surface area contributed by atoms with Crippen molar-refractivity contribution >= 4 is 28.2 Å². The van der Waals surface area contributed by atoms with Crippen LogP contribution in [0.3, 0.4) is 0 Å². The van der Waals surface area contributed by atoms with E-state index in [1.807, 2.05) is 18.2 Å². The van der Waals surface area contributed by atoms with Gasteiger partial charge in [-0.1, -0.05) is 0 Å². The Labute approximate surface area is 139 Å². The molecule has 0 fully saturated rings. The lowest BCUT2D eigenvalue weighted by atomic mass is 10.1. The molecule has 122 valence electrons. The number of ether oxygens (including phenoxy) is 2. The van der Waals surface area contributed by atoms with Crippen LogP contribution in [0.4, 0.5) is 11.4 Å². The van der Waals surface area contributed by atoms with Crippen molar-refractivity contribution in [2.24, 2.45) is 5.73 Å². The summed E-state index contributed by atoms with van der Waals surface area (Å²) in [7, 11) is 3.18. The first-order valence-electron chi connectivity index (χ1n) is 7.30. The molecule has 6 nitrogen and oxygen atoms in total. The molecule has 6 heteroatoms. The number of rotatable bonds is 5. The number of hydrogen-bond acceptors (Lipinski definition) is 5. The average molecular weight is 323 g/mol. The molecular formula is C18H17N3O3. The first-order chi connectivity index (χ1) is 11.6. The highest BCUT2D eigenvalue weighted by Crippen LogP contribution is 2.35. The number of aromatic nitrogens is 1. The molecule has 2 aromatic carbocycles. The molecule has 0 bridgehead atoms. The number of nitrogens with one attached hydrogen (secondary N) is 1. The average Bonchev–Trinajstić information content (AvgIpc) is 2.61. The van der Waals surface area contributed by atoms with E-state index in [-0.39, 0.29) is 0 Å². The smallest absolute Gasteiger partial charge is 0.248 e. The second-order valence-electron chi connectivity index (χ2n) is 5.15. The van der Waals surface area contributed by atoms with Gasteiger partial charge in [-0.05, 0) is 36.4 Å². The molecule has 0 saturated carbocycles. The Balaban J connectivity index is 2.01. The number of benzene rings is 2. The Kier molecular flexibility index (Phi) is 4.20. The van der Waals surface area contributed by atoms with E-state index in [4.69, 9.17) is 15.2 Å². The van der Waals surface area contributed by atoms with Crippen LogP contribution in [0.2, 0.25) is 0 Å². The van der Waals surface area contributed by atoms with Crippen molar-refractivity contribution in [3.63, 3.8) is 0 Å². The Morgan fingerprint density at radius 3 is 2.33 bits per heavy atom. The molecule has 0 saturated heterocycles. The molecule has 3 N–H and O–H groups in total. The van der Waals surface area contributed by atoms with Crippen LogP contribution < -0.4 is 20.5 Å². The Morgan fingerprint density at radius 2 is 1.71 bits per heavy atom. The summed E-state index contributed by atoms with van der Waals surface area (Å²) >= 11 is 0. The van der Waals surface area contributed by atoms with Crippen LogP contribution >= 0.6 is 0 Å². The molecule has 1 aromatic heterocycles. The fourth-order valence-electron chi connectivity index (χ4n) is 2.46. The first kappa shape index (κ1) is 15.6. The summed E-state index contributed by atoms with van der Waals surface area (Å²) in [5.74, 6) is 0.804. The zero-order valence-corrected chi connectivity index (χ0v) is 13.4. The molecule has 0 aliphatic rings. The minimum atomic E-state index is -0.451. The maximum absolute atomic E-state index is 11.1. The number of fused-ring (bicyclic) bond motifs is 1. The number of pyridine rings is 1. The molecule has 1 amide bonds. The molecule has 3 aromatic rings. The normalized spacial score (nSPS) is 10.4. The lowest BCUT2D eigenvalue weighted by Crippen LogP contribution is -2.10. The van der Waals surface area contributed by atoms with Gasteiger partial charge in [-0.25, -0.2) is 0 Å². The quantitative estimate of drug-likeness (QED) is 0.753. The van der Waals surface area contributed by atoms with Crippen molar-refractivity contribution in [2.75, 3.05) is 19.5 Å². The van der Waals surface area contributed by atoms with E-state index in [1.54, 1.807) is 44.7 Å². The molecule has 0 unspecified atom stereocenters. The van der Waals surface area contributed by atoms with Crippen LogP contribution in [0.15, 0.2) is 48.7 Å². The van der Waals surface area contributed by atoms with Gasteiger partial charge in [-0.15, -0.1) is 0 Å². The Morgan fingerprint density at radius 1 is 1.04 bits per heavy atom. The standard InChI is InChI=1S/C18H17N3O3/c1-23-16-9-13-14(7-8-20-15(13)10-17(16)24-2)21-12-5-3-11(4-6-12)18(19)22/h3-10H,1-2H3,(H2,19,22)(H,20,21). The van der Waals surface area contributed by atoms with E-state index < -0.39 is 5.91 Å². The summed E-state index contributed by atoms with van der Waals surface area (Å²) < 4.78 is 10.7. The molecule has 24 heavy (non-hydrogen) atoms. The van der Waals surface area contributed by atoms with Gasteiger partial charge in [0.2, 0.25) is 5.91 Å². The van der Waals surface area contributed by atoms with Crippen molar-refractivity contribution in [3.8, 4) is 11.5 Å². The van der Waals surface area contributed by atoms with Gasteiger partial charge in [-0.2, -0.15) is 0 Å². The van der Waals surface area contributed by atoms with Crippen molar-refractivity contribution in [3.05, 3.63) is 54.2 Å². The maximum atomic E-state index is 11.1. The number of methoxy groups -OCH3 is 2. The third-order valence-corrected chi connectivity index (χ3v) is 3.70. The topological polar surface area (TPSA) is 86.5 Å². The number of amides is 1. The summed E-state index contributed by atoms with van der Waals surface area (Å²) in [6.45, 7) is 0. The lowest BCUT2D eigenvalue weighted by molar-refractivity contribution is 0.100. The largest absolute Gasteiger partial charge is 0.493 e. The third-order valence-electron chi connectivity index (χ3n) is 3.70. The van der Waals surface area contributed by atoms with Gasteiger partial charge in [0.15, 0.2) is 11.5 Å². The molecule has 0 aliphatic carbocycles. The van der Waals surface area contributed by atoms with E-state index in [0.29, 0.717) is 17.1 Å². The Hall–Kier alpha value is -3.28. The van der Waals surface area contributed by atoms with E-state index in [0.717, 1.165) is 22.3 Å². The van der Waals surface area contributed by atoms with Gasteiger partial charge >= 0.3 is 0 Å². The second-order valence-corrected chi connectivity index (χ2v) is 5.15. The van der Waals surface area contributed by atoms with E-state index in [1.165, 1.54) is 0 Å². The van der Waals surface area contributed by atoms with E-state index >= 15 is 0 Å². The van der Waals surface area contributed by atoms with Crippen molar-refractivity contribution in [1.82, 2.24) is 4.98 Å². The number of nitrogens with two attached hydrogens (primary N) is 1. The fourth-order valence-corrected chi connectivity index (χ4v) is 2.46. The van der Waals surface area contributed by atoms with Gasteiger partial charge in [-0.3, -0.25) is 9.78 Å². The number of carbonyl (C=O) groups excluding carboxylic acids is 1. The van der Waals surface area contributed by atoms with Crippen LogP contribution in [-0.4, -0.2) is 25.1 Å². The molecule has 3 rings (SSSR count). The summed E-state index contributed by atoms with van der Waals surface area (Å²) in [6, 6.07) is 12.5. The van der Waals surface area contributed by atoms with Crippen molar-refractivity contribution in [1.29, 1.82) is 0 Å². The highest BCUT2D eigenvalue weighted by molar-refractivity contribution is 5.96. The highest BCUT2D eigenvalue weighted by atomic mass is 16.5. The number of carbonyl (C=O) groups is 1. The summed E-state index contributed by atoms with van der Waals surface area (Å²) in [5, 5.41) is 4.21. The van der Waals surface area contributed by atoms with Crippen LogP contribution in [0.25, 0.3) is 10.9 Å². The summed E-state index contributed by atoms with van der Waals surface area (Å²) in [5.41, 5.74) is 8.21. The predicted molar refractivity (Wildman–Crippen MR) is 93.1 cm³/mol. The number of anilines is 2. The van der Waals surface area contributed by atoms with Crippen LogP contribution in [0.5, 0.6) is 11.5 Å². The van der Waals surface area contributed by atoms with E-state index in [2.05, 4.69) is 10.3 Å².